The molecule has 0 unspecified atom stereocenters. The summed E-state index contributed by atoms with van der Waals surface area (Å²) in [5.41, 5.74) is 10.1. The van der Waals surface area contributed by atoms with E-state index in [0.717, 1.165) is 27.8 Å². The van der Waals surface area contributed by atoms with Crippen molar-refractivity contribution in [3.63, 3.8) is 0 Å². The van der Waals surface area contributed by atoms with E-state index < -0.39 is 0 Å². The number of fused-ring (bicyclic) bond motifs is 1. The van der Waals surface area contributed by atoms with Gasteiger partial charge >= 0.3 is 0 Å². The third-order valence-corrected chi connectivity index (χ3v) is 4.99. The molecule has 0 spiro atoms. The van der Waals surface area contributed by atoms with Gasteiger partial charge in [-0.05, 0) is 42.3 Å². The number of hydrogen-bond acceptors (Lipinski definition) is 3. The van der Waals surface area contributed by atoms with Gasteiger partial charge in [0.05, 0.1) is 11.3 Å². The molecule has 146 valence electrons. The highest BCUT2D eigenvalue weighted by atomic mass is 16.3. The van der Waals surface area contributed by atoms with Gasteiger partial charge in [-0.3, -0.25) is 15.6 Å². The first-order valence-electron chi connectivity index (χ1n) is 9.66. The molecular weight excluding hydrogens is 362 g/mol. The summed E-state index contributed by atoms with van der Waals surface area (Å²) in [7, 11) is 0. The summed E-state index contributed by atoms with van der Waals surface area (Å²) in [4.78, 5) is 13.1. The molecule has 0 saturated heterocycles. The number of phenolic OH excluding ortho intramolecular Hbond substituents is 1. The molecule has 5 nitrogen and oxygen atoms in total. The van der Waals surface area contributed by atoms with Crippen LogP contribution in [0.5, 0.6) is 5.75 Å². The number of para-hydroxylation sites is 1. The van der Waals surface area contributed by atoms with E-state index in [1.54, 1.807) is 12.1 Å². The minimum absolute atomic E-state index is 0.141. The van der Waals surface area contributed by atoms with E-state index >= 15 is 0 Å². The fourth-order valence-electron chi connectivity index (χ4n) is 3.68. The highest BCUT2D eigenvalue weighted by molar-refractivity contribution is 6.09. The quantitative estimate of drug-likeness (QED) is 0.421. The summed E-state index contributed by atoms with van der Waals surface area (Å²) < 4.78 is 2.15. The van der Waals surface area contributed by atoms with Crippen LogP contribution in [0.2, 0.25) is 0 Å². The number of carbonyl (C=O) groups excluding carboxylic acids is 1. The Morgan fingerprint density at radius 2 is 1.66 bits per heavy atom. The first-order chi connectivity index (χ1) is 14.2. The van der Waals surface area contributed by atoms with Gasteiger partial charge in [0, 0.05) is 23.1 Å². The Morgan fingerprint density at radius 3 is 2.34 bits per heavy atom. The second kappa shape index (κ2) is 8.10. The predicted octanol–water partition coefficient (Wildman–Crippen LogP) is 4.71. The molecule has 0 aliphatic rings. The van der Waals surface area contributed by atoms with Crippen LogP contribution in [0.3, 0.4) is 0 Å². The Hall–Kier alpha value is -3.73. The summed E-state index contributed by atoms with van der Waals surface area (Å²) in [5, 5.41) is 10.8. The van der Waals surface area contributed by atoms with Gasteiger partial charge in [0.25, 0.3) is 5.91 Å². The Labute approximate surface area is 169 Å². The molecule has 0 aliphatic heterocycles. The zero-order valence-electron chi connectivity index (χ0n) is 16.2. The molecule has 4 rings (SSSR count). The second-order valence-corrected chi connectivity index (χ2v) is 6.89. The van der Waals surface area contributed by atoms with Crippen molar-refractivity contribution >= 4 is 22.5 Å². The fourth-order valence-corrected chi connectivity index (χ4v) is 3.68. The lowest BCUT2D eigenvalue weighted by Crippen LogP contribution is -2.30. The number of carbonyl (C=O) groups is 1. The van der Waals surface area contributed by atoms with Crippen molar-refractivity contribution in [2.24, 2.45) is 0 Å². The summed E-state index contributed by atoms with van der Waals surface area (Å²) in [6.07, 6.45) is 0.691. The molecule has 3 N–H and O–H groups in total. The molecule has 0 fully saturated rings. The Balaban J connectivity index is 1.76. The number of hydrogen-bond donors (Lipinski definition) is 3. The minimum Gasteiger partial charge on any atom is -0.508 e. The highest BCUT2D eigenvalue weighted by Gasteiger charge is 2.22. The van der Waals surface area contributed by atoms with Crippen molar-refractivity contribution in [3.8, 4) is 5.75 Å². The molecule has 0 radical (unpaired) electrons. The van der Waals surface area contributed by atoms with Crippen molar-refractivity contribution in [1.29, 1.82) is 0 Å². The van der Waals surface area contributed by atoms with Crippen molar-refractivity contribution < 1.29 is 9.90 Å². The van der Waals surface area contributed by atoms with Gasteiger partial charge in [0.2, 0.25) is 0 Å². The van der Waals surface area contributed by atoms with Crippen LogP contribution < -0.4 is 10.9 Å². The molecule has 1 aromatic heterocycles. The third kappa shape index (κ3) is 3.80. The first-order valence-corrected chi connectivity index (χ1v) is 9.66. The van der Waals surface area contributed by atoms with E-state index in [9.17, 15) is 9.90 Å². The van der Waals surface area contributed by atoms with Crippen LogP contribution in [0.15, 0.2) is 78.9 Å². The van der Waals surface area contributed by atoms with Crippen LogP contribution >= 0.6 is 0 Å². The number of hydrazine groups is 1. The standard InChI is InChI=1S/C24H23N3O2/c1-2-21-23(24(29)26-25-18-11-7-4-8-12-18)20-15-19(28)13-14-22(20)27(21)16-17-9-5-3-6-10-17/h3-15,25,28H,2,16H2,1H3,(H,26,29). The zero-order valence-corrected chi connectivity index (χ0v) is 16.2. The molecule has 1 amide bonds. The molecule has 4 aromatic rings. The van der Waals surface area contributed by atoms with Gasteiger partial charge in [0.1, 0.15) is 5.75 Å². The maximum atomic E-state index is 13.1. The van der Waals surface area contributed by atoms with Crippen LogP contribution in [0.25, 0.3) is 10.9 Å². The summed E-state index contributed by atoms with van der Waals surface area (Å²) in [6, 6.07) is 24.8. The monoisotopic (exact) mass is 385 g/mol. The summed E-state index contributed by atoms with van der Waals surface area (Å²) >= 11 is 0. The lowest BCUT2D eigenvalue weighted by Gasteiger charge is -2.12. The van der Waals surface area contributed by atoms with Gasteiger partial charge in [-0.2, -0.15) is 0 Å². The van der Waals surface area contributed by atoms with Crippen LogP contribution in [0.4, 0.5) is 5.69 Å². The molecular formula is C24H23N3O2. The average molecular weight is 385 g/mol. The smallest absolute Gasteiger partial charge is 0.272 e. The number of phenols is 1. The number of aromatic nitrogens is 1. The average Bonchev–Trinajstić information content (AvgIpc) is 3.06. The Kier molecular flexibility index (Phi) is 5.20. The highest BCUT2D eigenvalue weighted by Crippen LogP contribution is 2.30. The molecule has 0 bridgehead atoms. The number of aromatic hydroxyl groups is 1. The van der Waals surface area contributed by atoms with Gasteiger partial charge < -0.3 is 9.67 Å². The van der Waals surface area contributed by atoms with Gasteiger partial charge in [-0.1, -0.05) is 55.5 Å². The summed E-state index contributed by atoms with van der Waals surface area (Å²) in [6.45, 7) is 2.70. The van der Waals surface area contributed by atoms with Gasteiger partial charge in [-0.25, -0.2) is 0 Å². The minimum atomic E-state index is -0.229. The third-order valence-electron chi connectivity index (χ3n) is 4.99. The zero-order chi connectivity index (χ0) is 20.2. The lowest BCUT2D eigenvalue weighted by atomic mass is 10.1. The summed E-state index contributed by atoms with van der Waals surface area (Å²) in [5.74, 6) is -0.0878. The van der Waals surface area contributed by atoms with E-state index in [-0.39, 0.29) is 11.7 Å². The van der Waals surface area contributed by atoms with Gasteiger partial charge in [0.15, 0.2) is 0 Å². The number of nitrogens with zero attached hydrogens (tertiary/aromatic N) is 1. The van der Waals surface area contributed by atoms with Crippen molar-refractivity contribution in [2.45, 2.75) is 19.9 Å². The van der Waals surface area contributed by atoms with E-state index in [1.807, 2.05) is 61.5 Å². The maximum absolute atomic E-state index is 13.1. The predicted molar refractivity (Wildman–Crippen MR) is 116 cm³/mol. The van der Waals surface area contributed by atoms with Crippen molar-refractivity contribution in [2.75, 3.05) is 5.43 Å². The van der Waals surface area contributed by atoms with Crippen LogP contribution in [0, 0.1) is 0 Å². The molecule has 3 aromatic carbocycles. The molecule has 29 heavy (non-hydrogen) atoms. The van der Waals surface area contributed by atoms with E-state index in [0.29, 0.717) is 18.5 Å². The maximum Gasteiger partial charge on any atom is 0.272 e. The molecule has 0 aliphatic carbocycles. The number of rotatable bonds is 6. The molecule has 0 atom stereocenters. The number of amides is 1. The molecule has 5 heteroatoms. The topological polar surface area (TPSA) is 66.3 Å². The van der Waals surface area contributed by atoms with E-state index in [1.165, 1.54) is 0 Å². The van der Waals surface area contributed by atoms with Crippen molar-refractivity contribution in [3.05, 3.63) is 95.7 Å². The number of anilines is 1. The van der Waals surface area contributed by atoms with Crippen LogP contribution in [-0.2, 0) is 13.0 Å². The van der Waals surface area contributed by atoms with Crippen LogP contribution in [-0.4, -0.2) is 15.6 Å². The van der Waals surface area contributed by atoms with Gasteiger partial charge in [-0.15, -0.1) is 0 Å². The Bertz CT molecular complexity index is 1140. The SMILES string of the molecule is CCc1c(C(=O)NNc2ccccc2)c2cc(O)ccc2n1Cc1ccccc1. The number of nitrogens with one attached hydrogen (secondary N) is 2. The molecule has 0 saturated carbocycles. The number of benzene rings is 3. The first kappa shape index (κ1) is 18.6. The fraction of sp³-hybridized carbons (Fsp3) is 0.125. The van der Waals surface area contributed by atoms with Crippen LogP contribution in [0.1, 0.15) is 28.5 Å². The van der Waals surface area contributed by atoms with E-state index in [2.05, 4.69) is 27.6 Å². The lowest BCUT2D eigenvalue weighted by molar-refractivity contribution is 0.0963. The second-order valence-electron chi connectivity index (χ2n) is 6.89. The molecule has 1 heterocycles. The normalized spacial score (nSPS) is 10.8. The van der Waals surface area contributed by atoms with E-state index in [4.69, 9.17) is 0 Å². The van der Waals surface area contributed by atoms with Crippen molar-refractivity contribution in [1.82, 2.24) is 9.99 Å². The largest absolute Gasteiger partial charge is 0.508 e. The Morgan fingerprint density at radius 1 is 0.966 bits per heavy atom.